The highest BCUT2D eigenvalue weighted by Crippen LogP contribution is 2.35. The molecule has 2 aliphatic heterocycles. The smallest absolute Gasteiger partial charge is 0.242 e. The molecule has 13 nitrogen and oxygen atoms in total. The maximum atomic E-state index is 14.1. The summed E-state index contributed by atoms with van der Waals surface area (Å²) in [5, 5.41) is 9.41. The molecular formula is C40H59N7O6. The quantitative estimate of drug-likeness (QED) is 0.210. The van der Waals surface area contributed by atoms with E-state index in [4.69, 9.17) is 9.47 Å². The van der Waals surface area contributed by atoms with Crippen molar-refractivity contribution in [2.75, 3.05) is 34.4 Å². The van der Waals surface area contributed by atoms with E-state index in [-0.39, 0.29) is 54.6 Å². The van der Waals surface area contributed by atoms with E-state index in [0.717, 1.165) is 37.7 Å². The number of methoxy groups -OCH3 is 2. The molecule has 10 unspecified atom stereocenters. The Morgan fingerprint density at radius 1 is 1.02 bits per heavy atom. The first kappa shape index (κ1) is 40.2. The fourth-order valence-electron chi connectivity index (χ4n) is 8.72. The summed E-state index contributed by atoms with van der Waals surface area (Å²) in [4.78, 5) is 66.8. The van der Waals surface area contributed by atoms with Gasteiger partial charge in [-0.3, -0.25) is 19.2 Å². The van der Waals surface area contributed by atoms with E-state index in [2.05, 4.69) is 25.9 Å². The average molecular weight is 734 g/mol. The van der Waals surface area contributed by atoms with Gasteiger partial charge >= 0.3 is 0 Å². The van der Waals surface area contributed by atoms with Crippen LogP contribution in [0.15, 0.2) is 48.8 Å². The van der Waals surface area contributed by atoms with E-state index >= 15 is 0 Å². The van der Waals surface area contributed by atoms with Crippen LogP contribution < -0.4 is 16.0 Å². The first-order valence-electron chi connectivity index (χ1n) is 19.3. The summed E-state index contributed by atoms with van der Waals surface area (Å²) in [5.41, 5.74) is 1.04. The van der Waals surface area contributed by atoms with Gasteiger partial charge in [-0.05, 0) is 62.0 Å². The minimum absolute atomic E-state index is 0.0203. The lowest BCUT2D eigenvalue weighted by atomic mass is 9.90. The van der Waals surface area contributed by atoms with Crippen LogP contribution in [-0.4, -0.2) is 114 Å². The Bertz CT molecular complexity index is 1520. The van der Waals surface area contributed by atoms with E-state index in [0.29, 0.717) is 37.2 Å². The molecule has 2 saturated heterocycles. The average Bonchev–Trinajstić information content (AvgIpc) is 3.96. The van der Waals surface area contributed by atoms with Crippen molar-refractivity contribution in [3.05, 3.63) is 60.2 Å². The van der Waals surface area contributed by atoms with E-state index in [1.165, 1.54) is 0 Å². The van der Waals surface area contributed by atoms with Crippen molar-refractivity contribution < 1.29 is 28.7 Å². The Hall–Kier alpha value is -3.94. The summed E-state index contributed by atoms with van der Waals surface area (Å²) < 4.78 is 12.0. The molecule has 10 atom stereocenters. The molecule has 3 fully saturated rings. The highest BCUT2D eigenvalue weighted by Gasteiger charge is 2.44. The molecule has 3 aliphatic rings. The second-order valence-electron chi connectivity index (χ2n) is 15.1. The molecule has 1 aromatic heterocycles. The molecule has 1 aromatic carbocycles. The van der Waals surface area contributed by atoms with E-state index in [1.54, 1.807) is 44.6 Å². The first-order chi connectivity index (χ1) is 25.6. The molecule has 1 saturated carbocycles. The summed E-state index contributed by atoms with van der Waals surface area (Å²) in [6, 6.07) is 10.6. The zero-order valence-corrected chi connectivity index (χ0v) is 32.2. The Morgan fingerprint density at radius 3 is 2.38 bits per heavy atom. The van der Waals surface area contributed by atoms with Crippen LogP contribution in [0.1, 0.15) is 83.1 Å². The molecular weight excluding hydrogens is 674 g/mol. The number of carbonyl (C=O) groups is 4. The molecule has 290 valence electrons. The van der Waals surface area contributed by atoms with Crippen molar-refractivity contribution in [1.82, 2.24) is 35.7 Å². The van der Waals surface area contributed by atoms with Gasteiger partial charge in [-0.2, -0.15) is 0 Å². The van der Waals surface area contributed by atoms with Gasteiger partial charge in [0.05, 0.1) is 55.3 Å². The number of piperidine rings is 1. The van der Waals surface area contributed by atoms with Gasteiger partial charge in [0.15, 0.2) is 5.82 Å². The maximum Gasteiger partial charge on any atom is 0.242 e. The SMILES string of the molecule is CCC(C)C(C(CC(=O)N1CCCC1C(OC)C(C)C(=O)NC(Cc1ccccc1)c1ncccn1)OC)N(C)C(=O)CNC(=O)C1NC2CCC1C2. The molecule has 0 radical (unpaired) electrons. The Kier molecular flexibility index (Phi) is 14.3. The highest BCUT2D eigenvalue weighted by atomic mass is 16.5. The molecule has 4 amide bonds. The third kappa shape index (κ3) is 9.79. The number of carbonyl (C=O) groups excluding carboxylic acids is 4. The van der Waals surface area contributed by atoms with Crippen LogP contribution in [0.5, 0.6) is 0 Å². The molecule has 2 aromatic rings. The van der Waals surface area contributed by atoms with E-state index < -0.39 is 30.2 Å². The number of amides is 4. The zero-order valence-electron chi connectivity index (χ0n) is 32.2. The standard InChI is InChI=1S/C40H59N7O6/c1-7-25(2)36(46(4)34(49)24-43-40(51)35-28-16-17-29(22-28)44-35)32(52-5)23-33(48)47-20-11-15-31(47)37(53-6)26(3)39(50)45-30(38-41-18-12-19-42-38)21-27-13-9-8-10-14-27/h8-10,12-14,18-19,25-26,28-32,35-37,44H,7,11,15-17,20-24H2,1-6H3,(H,43,51)(H,45,50). The summed E-state index contributed by atoms with van der Waals surface area (Å²) in [6.45, 7) is 6.35. The molecule has 53 heavy (non-hydrogen) atoms. The number of benzene rings is 1. The second kappa shape index (κ2) is 18.9. The molecule has 5 rings (SSSR count). The van der Waals surface area contributed by atoms with Gasteiger partial charge in [-0.25, -0.2) is 9.97 Å². The van der Waals surface area contributed by atoms with Gasteiger partial charge in [0.25, 0.3) is 0 Å². The number of fused-ring (bicyclic) bond motifs is 2. The van der Waals surface area contributed by atoms with Crippen molar-refractivity contribution in [3.8, 4) is 0 Å². The molecule has 2 bridgehead atoms. The van der Waals surface area contributed by atoms with Crippen LogP contribution in [-0.2, 0) is 35.1 Å². The number of nitrogens with one attached hydrogen (secondary N) is 3. The first-order valence-corrected chi connectivity index (χ1v) is 19.3. The Labute approximate surface area is 314 Å². The van der Waals surface area contributed by atoms with Crippen molar-refractivity contribution in [3.63, 3.8) is 0 Å². The number of aromatic nitrogens is 2. The van der Waals surface area contributed by atoms with Crippen molar-refractivity contribution in [2.24, 2.45) is 17.8 Å². The van der Waals surface area contributed by atoms with Crippen LogP contribution in [0, 0.1) is 17.8 Å². The largest absolute Gasteiger partial charge is 0.379 e. The van der Waals surface area contributed by atoms with Crippen molar-refractivity contribution in [2.45, 2.75) is 115 Å². The number of rotatable bonds is 18. The molecule has 3 N–H and O–H groups in total. The van der Waals surface area contributed by atoms with Gasteiger partial charge in [0.1, 0.15) is 0 Å². The predicted octanol–water partition coefficient (Wildman–Crippen LogP) is 3.05. The molecule has 13 heteroatoms. The van der Waals surface area contributed by atoms with E-state index in [1.807, 2.05) is 56.0 Å². The molecule has 0 spiro atoms. The topological polar surface area (TPSA) is 155 Å². The maximum absolute atomic E-state index is 14.1. The van der Waals surface area contributed by atoms with Gasteiger partial charge < -0.3 is 35.2 Å². The normalized spacial score (nSPS) is 24.2. The number of hydrogen-bond acceptors (Lipinski definition) is 9. The lowest BCUT2D eigenvalue weighted by Gasteiger charge is -2.39. The van der Waals surface area contributed by atoms with Gasteiger partial charge in [-0.1, -0.05) is 57.5 Å². The number of ether oxygens (including phenoxy) is 2. The van der Waals surface area contributed by atoms with Crippen LogP contribution in [0.3, 0.4) is 0 Å². The van der Waals surface area contributed by atoms with Crippen LogP contribution in [0.4, 0.5) is 0 Å². The minimum atomic E-state index is -0.583. The van der Waals surface area contributed by atoms with E-state index in [9.17, 15) is 19.2 Å². The van der Waals surface area contributed by atoms with Crippen molar-refractivity contribution in [1.29, 1.82) is 0 Å². The number of likely N-dealkylation sites (tertiary alicyclic amines) is 1. The summed E-state index contributed by atoms with van der Waals surface area (Å²) in [5.74, 6) is -0.396. The lowest BCUT2D eigenvalue weighted by Crippen LogP contribution is -2.55. The van der Waals surface area contributed by atoms with Gasteiger partial charge in [0.2, 0.25) is 23.6 Å². The number of likely N-dealkylation sites (N-methyl/N-ethyl adjacent to an activating group) is 1. The van der Waals surface area contributed by atoms with Crippen LogP contribution in [0.25, 0.3) is 0 Å². The van der Waals surface area contributed by atoms with Gasteiger partial charge in [0, 0.05) is 46.2 Å². The Morgan fingerprint density at radius 2 is 1.75 bits per heavy atom. The highest BCUT2D eigenvalue weighted by molar-refractivity contribution is 5.88. The summed E-state index contributed by atoms with van der Waals surface area (Å²) in [7, 11) is 4.88. The zero-order chi connectivity index (χ0) is 38.1. The van der Waals surface area contributed by atoms with Crippen LogP contribution >= 0.6 is 0 Å². The summed E-state index contributed by atoms with van der Waals surface area (Å²) >= 11 is 0. The summed E-state index contributed by atoms with van der Waals surface area (Å²) in [6.07, 6.45) is 8.16. The number of hydrogen-bond donors (Lipinski definition) is 3. The minimum Gasteiger partial charge on any atom is -0.379 e. The fourth-order valence-corrected chi connectivity index (χ4v) is 8.72. The monoisotopic (exact) mass is 733 g/mol. The predicted molar refractivity (Wildman–Crippen MR) is 200 cm³/mol. The third-order valence-corrected chi connectivity index (χ3v) is 11.9. The van der Waals surface area contributed by atoms with Gasteiger partial charge in [-0.15, -0.1) is 0 Å². The molecule has 3 heterocycles. The fraction of sp³-hybridized carbons (Fsp3) is 0.650. The molecule has 1 aliphatic carbocycles. The number of nitrogens with zero attached hydrogens (tertiary/aromatic N) is 4. The lowest BCUT2D eigenvalue weighted by molar-refractivity contribution is -0.146. The third-order valence-electron chi connectivity index (χ3n) is 11.9. The second-order valence-corrected chi connectivity index (χ2v) is 15.1. The van der Waals surface area contributed by atoms with Crippen molar-refractivity contribution >= 4 is 23.6 Å². The van der Waals surface area contributed by atoms with Crippen LogP contribution in [0.2, 0.25) is 0 Å². The Balaban J connectivity index is 1.22.